The zero-order valence-electron chi connectivity index (χ0n) is 12.6. The number of rotatable bonds is 6. The number of anilines is 1. The van der Waals surface area contributed by atoms with E-state index in [1.165, 1.54) is 0 Å². The lowest BCUT2D eigenvalue weighted by Crippen LogP contribution is -2.10. The average Bonchev–Trinajstić information content (AvgIpc) is 2.94. The summed E-state index contributed by atoms with van der Waals surface area (Å²) in [6.45, 7) is 1.32. The van der Waals surface area contributed by atoms with Gasteiger partial charge in [0.15, 0.2) is 5.65 Å². The topological polar surface area (TPSA) is 60.7 Å². The first-order valence-electron chi connectivity index (χ1n) is 7.03. The van der Waals surface area contributed by atoms with Crippen molar-refractivity contribution in [3.05, 3.63) is 42.9 Å². The van der Waals surface area contributed by atoms with Crippen molar-refractivity contribution >= 4 is 11.5 Å². The normalized spacial score (nSPS) is 10.8. The second kappa shape index (κ2) is 6.44. The van der Waals surface area contributed by atoms with Crippen LogP contribution in [0.5, 0.6) is 5.75 Å². The molecule has 2 heterocycles. The lowest BCUT2D eigenvalue weighted by atomic mass is 10.1. The van der Waals surface area contributed by atoms with Crippen LogP contribution in [0.3, 0.4) is 0 Å². The molecule has 22 heavy (non-hydrogen) atoms. The molecule has 6 heteroatoms. The summed E-state index contributed by atoms with van der Waals surface area (Å²) in [5.74, 6) is 1.72. The Kier molecular flexibility index (Phi) is 4.20. The predicted molar refractivity (Wildman–Crippen MR) is 85.3 cm³/mol. The minimum absolute atomic E-state index is 0.621. The maximum absolute atomic E-state index is 5.30. The molecule has 6 nitrogen and oxygen atoms in total. The Morgan fingerprint density at radius 2 is 2.18 bits per heavy atom. The second-order valence-electron chi connectivity index (χ2n) is 4.77. The molecule has 0 bridgehead atoms. The number of nitrogens with zero attached hydrogens (tertiary/aromatic N) is 3. The second-order valence-corrected chi connectivity index (χ2v) is 4.77. The molecule has 0 fully saturated rings. The molecule has 0 spiro atoms. The van der Waals surface area contributed by atoms with Crippen LogP contribution in [-0.2, 0) is 4.74 Å². The first kappa shape index (κ1) is 14.3. The van der Waals surface area contributed by atoms with E-state index in [1.807, 2.05) is 34.9 Å². The summed E-state index contributed by atoms with van der Waals surface area (Å²) < 4.78 is 12.4. The minimum atomic E-state index is 0.621. The summed E-state index contributed by atoms with van der Waals surface area (Å²) in [5.41, 5.74) is 2.64. The van der Waals surface area contributed by atoms with Gasteiger partial charge in [0.2, 0.25) is 0 Å². The van der Waals surface area contributed by atoms with Gasteiger partial charge in [-0.05, 0) is 12.1 Å². The fourth-order valence-corrected chi connectivity index (χ4v) is 2.32. The van der Waals surface area contributed by atoms with Crippen LogP contribution in [-0.4, -0.2) is 41.7 Å². The number of hydrogen-bond donors (Lipinski definition) is 1. The van der Waals surface area contributed by atoms with E-state index in [2.05, 4.69) is 15.3 Å². The summed E-state index contributed by atoms with van der Waals surface area (Å²) in [6, 6.07) is 7.85. The van der Waals surface area contributed by atoms with Crippen LogP contribution < -0.4 is 10.1 Å². The van der Waals surface area contributed by atoms with Crippen LogP contribution in [0.15, 0.2) is 42.9 Å². The quantitative estimate of drug-likeness (QED) is 0.708. The van der Waals surface area contributed by atoms with E-state index in [0.717, 1.165) is 28.5 Å². The van der Waals surface area contributed by atoms with Crippen LogP contribution in [0.2, 0.25) is 0 Å². The Balaban J connectivity index is 2.08. The third-order valence-corrected chi connectivity index (χ3v) is 3.37. The third-order valence-electron chi connectivity index (χ3n) is 3.37. The highest BCUT2D eigenvalue weighted by atomic mass is 16.5. The van der Waals surface area contributed by atoms with E-state index in [9.17, 15) is 0 Å². The van der Waals surface area contributed by atoms with Gasteiger partial charge >= 0.3 is 0 Å². The lowest BCUT2D eigenvalue weighted by molar-refractivity contribution is 0.210. The van der Waals surface area contributed by atoms with Crippen LogP contribution in [0.4, 0.5) is 5.82 Å². The van der Waals surface area contributed by atoms with Crippen LogP contribution >= 0.6 is 0 Å². The number of benzene rings is 1. The lowest BCUT2D eigenvalue weighted by Gasteiger charge is -2.09. The molecule has 114 valence electrons. The molecule has 0 atom stereocenters. The van der Waals surface area contributed by atoms with Gasteiger partial charge in [-0.15, -0.1) is 0 Å². The molecule has 0 amide bonds. The van der Waals surface area contributed by atoms with Crippen molar-refractivity contribution in [2.75, 3.05) is 32.7 Å². The molecule has 0 aliphatic carbocycles. The van der Waals surface area contributed by atoms with Crippen molar-refractivity contribution in [1.29, 1.82) is 0 Å². The summed E-state index contributed by atoms with van der Waals surface area (Å²) in [5, 5.41) is 3.38. The highest BCUT2D eigenvalue weighted by Gasteiger charge is 2.14. The average molecular weight is 298 g/mol. The largest absolute Gasteiger partial charge is 0.497 e. The smallest absolute Gasteiger partial charge is 0.157 e. The van der Waals surface area contributed by atoms with Gasteiger partial charge in [-0.25, -0.2) is 4.98 Å². The van der Waals surface area contributed by atoms with E-state index in [1.54, 1.807) is 26.6 Å². The highest BCUT2D eigenvalue weighted by Crippen LogP contribution is 2.30. The Labute approximate surface area is 128 Å². The number of fused-ring (bicyclic) bond motifs is 1. The van der Waals surface area contributed by atoms with E-state index in [-0.39, 0.29) is 0 Å². The van der Waals surface area contributed by atoms with Gasteiger partial charge in [-0.3, -0.25) is 9.38 Å². The van der Waals surface area contributed by atoms with Crippen molar-refractivity contribution < 1.29 is 9.47 Å². The van der Waals surface area contributed by atoms with Gasteiger partial charge in [-0.1, -0.05) is 12.1 Å². The van der Waals surface area contributed by atoms with E-state index in [4.69, 9.17) is 9.47 Å². The van der Waals surface area contributed by atoms with Crippen molar-refractivity contribution in [2.45, 2.75) is 0 Å². The van der Waals surface area contributed by atoms with E-state index >= 15 is 0 Å². The summed E-state index contributed by atoms with van der Waals surface area (Å²) in [4.78, 5) is 8.81. The summed E-state index contributed by atoms with van der Waals surface area (Å²) >= 11 is 0. The Hall–Kier alpha value is -2.60. The Bertz CT molecular complexity index is 770. The maximum atomic E-state index is 5.30. The number of hydrogen-bond acceptors (Lipinski definition) is 5. The van der Waals surface area contributed by atoms with Crippen LogP contribution in [0, 0.1) is 0 Å². The van der Waals surface area contributed by atoms with Gasteiger partial charge in [0.05, 0.1) is 19.9 Å². The first-order valence-corrected chi connectivity index (χ1v) is 7.03. The molecule has 0 aliphatic heterocycles. The van der Waals surface area contributed by atoms with Gasteiger partial charge in [0.1, 0.15) is 17.3 Å². The fraction of sp³-hybridized carbons (Fsp3) is 0.250. The zero-order valence-corrected chi connectivity index (χ0v) is 12.6. The highest BCUT2D eigenvalue weighted by molar-refractivity contribution is 5.77. The minimum Gasteiger partial charge on any atom is -0.497 e. The maximum Gasteiger partial charge on any atom is 0.157 e. The van der Waals surface area contributed by atoms with Crippen molar-refractivity contribution in [3.8, 4) is 17.0 Å². The first-order chi connectivity index (χ1) is 10.8. The number of ether oxygens (including phenoxy) is 2. The van der Waals surface area contributed by atoms with Crippen molar-refractivity contribution in [3.63, 3.8) is 0 Å². The molecule has 3 aromatic rings. The molecule has 1 aromatic carbocycles. The molecular formula is C16H18N4O2. The summed E-state index contributed by atoms with van der Waals surface area (Å²) in [6.07, 6.45) is 5.37. The Morgan fingerprint density at radius 1 is 1.27 bits per heavy atom. The van der Waals surface area contributed by atoms with Gasteiger partial charge in [0, 0.05) is 31.6 Å². The third kappa shape index (κ3) is 2.73. The molecule has 1 N–H and O–H groups in total. The molecule has 3 rings (SSSR count). The fourth-order valence-electron chi connectivity index (χ4n) is 2.32. The zero-order chi connectivity index (χ0) is 15.4. The van der Waals surface area contributed by atoms with Gasteiger partial charge < -0.3 is 14.8 Å². The van der Waals surface area contributed by atoms with E-state index in [0.29, 0.717) is 13.2 Å². The van der Waals surface area contributed by atoms with Crippen LogP contribution in [0.1, 0.15) is 0 Å². The van der Waals surface area contributed by atoms with E-state index < -0.39 is 0 Å². The van der Waals surface area contributed by atoms with Gasteiger partial charge in [-0.2, -0.15) is 0 Å². The Morgan fingerprint density at radius 3 is 3.00 bits per heavy atom. The SMILES string of the molecule is COCCNc1c(-c2cccc(OC)c2)nc2cnccn12. The number of aromatic nitrogens is 3. The standard InChI is InChI=1S/C16H18N4O2/c1-21-9-7-18-16-15(12-4-3-5-13(10-12)22-2)19-14-11-17-6-8-20(14)16/h3-6,8,10-11,18H,7,9H2,1-2H3. The predicted octanol–water partition coefficient (Wildman–Crippen LogP) is 2.46. The number of nitrogens with one attached hydrogen (secondary N) is 1. The molecule has 2 aromatic heterocycles. The molecule has 0 saturated carbocycles. The number of methoxy groups -OCH3 is 2. The van der Waals surface area contributed by atoms with Crippen molar-refractivity contribution in [1.82, 2.24) is 14.4 Å². The van der Waals surface area contributed by atoms with Crippen LogP contribution in [0.25, 0.3) is 16.9 Å². The monoisotopic (exact) mass is 298 g/mol. The molecule has 0 unspecified atom stereocenters. The number of imidazole rings is 1. The van der Waals surface area contributed by atoms with Crippen molar-refractivity contribution in [2.24, 2.45) is 0 Å². The molecule has 0 saturated heterocycles. The molecular weight excluding hydrogens is 280 g/mol. The summed E-state index contributed by atoms with van der Waals surface area (Å²) in [7, 11) is 3.34. The molecule has 0 aliphatic rings. The van der Waals surface area contributed by atoms with Gasteiger partial charge in [0.25, 0.3) is 0 Å². The molecule has 0 radical (unpaired) electrons.